The van der Waals surface area contributed by atoms with Gasteiger partial charge in [0.25, 0.3) is 0 Å². The van der Waals surface area contributed by atoms with Crippen molar-refractivity contribution in [1.82, 2.24) is 14.9 Å². The lowest BCUT2D eigenvalue weighted by Crippen LogP contribution is -2.43. The van der Waals surface area contributed by atoms with Crippen molar-refractivity contribution >= 4 is 29.7 Å². The third-order valence-electron chi connectivity index (χ3n) is 7.52. The zero-order valence-electron chi connectivity index (χ0n) is 20.2. The highest BCUT2D eigenvalue weighted by Gasteiger charge is 2.52. The summed E-state index contributed by atoms with van der Waals surface area (Å²) in [7, 11) is -0.420. The number of ether oxygens (including phenoxy) is 1. The molecule has 8 heteroatoms. The van der Waals surface area contributed by atoms with Gasteiger partial charge in [0.05, 0.1) is 28.3 Å². The third kappa shape index (κ3) is 3.52. The number of aromatic nitrogens is 2. The number of fused-ring (bicyclic) bond motifs is 3. The lowest BCUT2D eigenvalue weighted by Gasteiger charge is -2.35. The van der Waals surface area contributed by atoms with Crippen LogP contribution in [0.15, 0.2) is 18.2 Å². The Bertz CT molecular complexity index is 1040. The van der Waals surface area contributed by atoms with Gasteiger partial charge < -0.3 is 19.0 Å². The van der Waals surface area contributed by atoms with Crippen LogP contribution in [-0.4, -0.2) is 50.9 Å². The van der Waals surface area contributed by atoms with Gasteiger partial charge in [-0.05, 0) is 91.2 Å². The van der Waals surface area contributed by atoms with E-state index in [0.29, 0.717) is 5.92 Å². The molecule has 3 heterocycles. The molecule has 1 N–H and O–H groups in total. The molecule has 2 unspecified atom stereocenters. The summed E-state index contributed by atoms with van der Waals surface area (Å²) in [6.45, 7) is 14.0. The van der Waals surface area contributed by atoms with Crippen LogP contribution in [-0.2, 0) is 14.0 Å². The Kier molecular flexibility index (Phi) is 4.74. The fourth-order valence-corrected chi connectivity index (χ4v) is 5.23. The van der Waals surface area contributed by atoms with Crippen LogP contribution in [0.5, 0.6) is 0 Å². The number of imidazole rings is 1. The molecule has 172 valence electrons. The fourth-order valence-electron chi connectivity index (χ4n) is 5.23. The minimum atomic E-state index is -0.519. The highest BCUT2D eigenvalue weighted by Crippen LogP contribution is 2.50. The number of likely N-dealkylation sites (tertiary alicyclic amines) is 1. The number of carbonyl (C=O) groups is 1. The van der Waals surface area contributed by atoms with Crippen LogP contribution in [0.2, 0.25) is 0 Å². The van der Waals surface area contributed by atoms with Crippen LogP contribution in [0, 0.1) is 5.92 Å². The smallest absolute Gasteiger partial charge is 0.444 e. The van der Waals surface area contributed by atoms with E-state index in [9.17, 15) is 4.79 Å². The molecule has 1 aromatic heterocycles. The first-order valence-electron chi connectivity index (χ1n) is 11.7. The second-order valence-corrected chi connectivity index (χ2v) is 11.5. The number of benzene rings is 1. The molecule has 5 rings (SSSR count). The molecule has 1 amide bonds. The molecule has 2 bridgehead atoms. The maximum atomic E-state index is 13.0. The number of amides is 1. The molecular weight excluding hydrogens is 405 g/mol. The number of aromatic amines is 1. The van der Waals surface area contributed by atoms with Crippen molar-refractivity contribution < 1.29 is 18.8 Å². The maximum Gasteiger partial charge on any atom is 0.494 e. The summed E-state index contributed by atoms with van der Waals surface area (Å²) in [5, 5.41) is 0. The summed E-state index contributed by atoms with van der Waals surface area (Å²) in [5.74, 6) is 1.25. The molecule has 1 aromatic carbocycles. The lowest BCUT2D eigenvalue weighted by molar-refractivity contribution is 0.00578. The van der Waals surface area contributed by atoms with Crippen LogP contribution < -0.4 is 5.46 Å². The number of rotatable bonds is 2. The molecule has 1 aliphatic carbocycles. The van der Waals surface area contributed by atoms with E-state index in [1.54, 1.807) is 0 Å². The number of carbonyl (C=O) groups excluding carboxylic acids is 1. The summed E-state index contributed by atoms with van der Waals surface area (Å²) < 4.78 is 18.2. The van der Waals surface area contributed by atoms with Gasteiger partial charge in [-0.3, -0.25) is 4.90 Å². The van der Waals surface area contributed by atoms with Gasteiger partial charge in [0.2, 0.25) is 0 Å². The van der Waals surface area contributed by atoms with Gasteiger partial charge in [0.1, 0.15) is 11.4 Å². The van der Waals surface area contributed by atoms with Crippen LogP contribution >= 0.6 is 0 Å². The van der Waals surface area contributed by atoms with E-state index >= 15 is 0 Å². The average Bonchev–Trinajstić information content (AvgIpc) is 3.41. The summed E-state index contributed by atoms with van der Waals surface area (Å²) in [6, 6.07) is 6.23. The van der Waals surface area contributed by atoms with E-state index in [2.05, 4.69) is 38.7 Å². The Labute approximate surface area is 190 Å². The Morgan fingerprint density at radius 3 is 2.53 bits per heavy atom. The van der Waals surface area contributed by atoms with Crippen molar-refractivity contribution in [2.75, 3.05) is 0 Å². The molecule has 1 saturated carbocycles. The molecule has 7 nitrogen and oxygen atoms in total. The van der Waals surface area contributed by atoms with Crippen LogP contribution in [0.3, 0.4) is 0 Å². The van der Waals surface area contributed by atoms with Crippen molar-refractivity contribution in [2.24, 2.45) is 5.92 Å². The van der Waals surface area contributed by atoms with Gasteiger partial charge in [-0.25, -0.2) is 9.78 Å². The predicted octanol–water partition coefficient (Wildman–Crippen LogP) is 4.32. The van der Waals surface area contributed by atoms with E-state index in [1.165, 1.54) is 0 Å². The first-order chi connectivity index (χ1) is 14.8. The minimum Gasteiger partial charge on any atom is -0.444 e. The van der Waals surface area contributed by atoms with E-state index in [-0.39, 0.29) is 29.4 Å². The molecule has 2 aliphatic heterocycles. The Hall–Kier alpha value is -2.06. The van der Waals surface area contributed by atoms with Gasteiger partial charge in [-0.1, -0.05) is 6.07 Å². The molecule has 3 atom stereocenters. The highest BCUT2D eigenvalue weighted by molar-refractivity contribution is 6.62. The summed E-state index contributed by atoms with van der Waals surface area (Å²) in [5.41, 5.74) is 1.48. The SMILES string of the molecule is CC(C)(C)OC(=O)N1C2CCC(C2)[C@H]1c1nc2ccc(B3OC(C)(C)C(C)(C)O3)cc2[nH]1. The Morgan fingerprint density at radius 2 is 1.88 bits per heavy atom. The van der Waals surface area contributed by atoms with Gasteiger partial charge in [-0.2, -0.15) is 0 Å². The van der Waals surface area contributed by atoms with Crippen molar-refractivity contribution in [1.29, 1.82) is 0 Å². The number of nitrogens with one attached hydrogen (secondary N) is 1. The second kappa shape index (κ2) is 6.97. The number of H-pyrrole nitrogens is 1. The van der Waals surface area contributed by atoms with E-state index in [4.69, 9.17) is 19.0 Å². The van der Waals surface area contributed by atoms with Gasteiger partial charge >= 0.3 is 13.2 Å². The van der Waals surface area contributed by atoms with Crippen LogP contribution in [0.4, 0.5) is 4.79 Å². The zero-order chi connectivity index (χ0) is 23.1. The fraction of sp³-hybridized carbons (Fsp3) is 0.667. The summed E-state index contributed by atoms with van der Waals surface area (Å²) in [6.07, 6.45) is 2.92. The van der Waals surface area contributed by atoms with Crippen LogP contribution in [0.25, 0.3) is 11.0 Å². The molecule has 2 saturated heterocycles. The van der Waals surface area contributed by atoms with Gasteiger partial charge in [-0.15, -0.1) is 0 Å². The summed E-state index contributed by atoms with van der Waals surface area (Å²) in [4.78, 5) is 23.3. The predicted molar refractivity (Wildman–Crippen MR) is 124 cm³/mol. The highest BCUT2D eigenvalue weighted by atomic mass is 16.7. The molecule has 3 fully saturated rings. The monoisotopic (exact) mass is 439 g/mol. The van der Waals surface area contributed by atoms with Crippen molar-refractivity contribution in [3.05, 3.63) is 24.0 Å². The maximum absolute atomic E-state index is 13.0. The van der Waals surface area contributed by atoms with E-state index < -0.39 is 12.7 Å². The molecule has 32 heavy (non-hydrogen) atoms. The number of nitrogens with zero attached hydrogens (tertiary/aromatic N) is 2. The Balaban J connectivity index is 1.44. The van der Waals surface area contributed by atoms with E-state index in [0.717, 1.165) is 41.6 Å². The number of piperidine rings is 1. The van der Waals surface area contributed by atoms with Crippen molar-refractivity contribution in [3.8, 4) is 0 Å². The van der Waals surface area contributed by atoms with E-state index in [1.807, 2.05) is 37.8 Å². The third-order valence-corrected chi connectivity index (χ3v) is 7.52. The second-order valence-electron chi connectivity index (χ2n) is 11.5. The van der Waals surface area contributed by atoms with Crippen molar-refractivity contribution in [2.45, 2.75) is 96.6 Å². The first kappa shape index (κ1) is 21.8. The standard InChI is InChI=1S/C24H34BN3O4/c1-22(2,3)30-21(29)28-16-10-8-14(12-16)19(28)20-26-17-11-9-15(13-18(17)27-20)25-31-23(4,5)24(6,7)32-25/h9,11,13-14,16,19H,8,10,12H2,1-7H3,(H,26,27)/t14?,16?,19-/m0/s1. The quantitative estimate of drug-likeness (QED) is 0.706. The summed E-state index contributed by atoms with van der Waals surface area (Å²) >= 11 is 0. The molecule has 0 spiro atoms. The van der Waals surface area contributed by atoms with Crippen LogP contribution in [0.1, 0.15) is 79.6 Å². The average molecular weight is 439 g/mol. The molecule has 3 aliphatic rings. The first-order valence-corrected chi connectivity index (χ1v) is 11.7. The van der Waals surface area contributed by atoms with Gasteiger partial charge in [0.15, 0.2) is 0 Å². The Morgan fingerprint density at radius 1 is 1.19 bits per heavy atom. The number of hydrogen-bond donors (Lipinski definition) is 1. The van der Waals surface area contributed by atoms with Gasteiger partial charge in [0, 0.05) is 6.04 Å². The minimum absolute atomic E-state index is 0.0729. The topological polar surface area (TPSA) is 76.7 Å². The molecule has 0 radical (unpaired) electrons. The van der Waals surface area contributed by atoms with Crippen molar-refractivity contribution in [3.63, 3.8) is 0 Å². The zero-order valence-corrected chi connectivity index (χ0v) is 20.2. The lowest BCUT2D eigenvalue weighted by atomic mass is 9.79. The largest absolute Gasteiger partial charge is 0.494 e. The molecular formula is C24H34BN3O4. The normalized spacial score (nSPS) is 28.7. The molecule has 2 aromatic rings. The number of hydrogen-bond acceptors (Lipinski definition) is 5.